The van der Waals surface area contributed by atoms with Gasteiger partial charge in [-0.25, -0.2) is 14.5 Å². The first-order valence-electron chi connectivity index (χ1n) is 12.8. The van der Waals surface area contributed by atoms with E-state index in [4.69, 9.17) is 0 Å². The van der Waals surface area contributed by atoms with Crippen LogP contribution >= 0.6 is 0 Å². The van der Waals surface area contributed by atoms with Gasteiger partial charge in [0.1, 0.15) is 18.1 Å². The van der Waals surface area contributed by atoms with Crippen LogP contribution in [0.2, 0.25) is 0 Å². The van der Waals surface area contributed by atoms with Gasteiger partial charge in [-0.15, -0.1) is 6.58 Å². The standard InChI is InChI=1S/C17H19N5.C12H18N2O3/c1-16(2,9-18)14-5-13(8-22-12-20-11-21-22)6-15(7-14)17(3,4)10-19;1-4-6-8(3)12(7-5-2)9(15)13-11(17)14-10(12)16/h5-7,11-12H,8H2,1-4H3;5,8H,2,4,6-7H2,1,3H3,(H2,13,14,15,16,17). The van der Waals surface area contributed by atoms with Gasteiger partial charge in [-0.05, 0) is 63.1 Å². The monoisotopic (exact) mass is 531 g/mol. The molecule has 10 nitrogen and oxygen atoms in total. The zero-order valence-corrected chi connectivity index (χ0v) is 23.5. The molecule has 10 heteroatoms. The summed E-state index contributed by atoms with van der Waals surface area (Å²) < 4.78 is 1.72. The molecule has 0 bridgehead atoms. The van der Waals surface area contributed by atoms with Crippen molar-refractivity contribution in [3.05, 3.63) is 60.2 Å². The Balaban J connectivity index is 0.000000283. The Kier molecular flexibility index (Phi) is 9.90. The lowest BCUT2D eigenvalue weighted by Crippen LogP contribution is -2.64. The van der Waals surface area contributed by atoms with E-state index in [1.54, 1.807) is 17.1 Å². The molecule has 1 atom stereocenters. The highest BCUT2D eigenvalue weighted by molar-refractivity contribution is 6.19. The molecule has 1 unspecified atom stereocenters. The molecular weight excluding hydrogens is 494 g/mol. The van der Waals surface area contributed by atoms with Crippen LogP contribution in [0, 0.1) is 34.0 Å². The maximum absolute atomic E-state index is 12.0. The SMILES string of the molecule is C=CCC1(C(C)CCC)C(=O)NC(=O)NC1=O.CC(C)(C#N)c1cc(Cn2cncn2)cc(C(C)(C)C#N)c1. The van der Waals surface area contributed by atoms with E-state index in [-0.39, 0.29) is 12.3 Å². The number of aromatic nitrogens is 3. The average Bonchev–Trinajstić information content (AvgIpc) is 3.39. The van der Waals surface area contributed by atoms with E-state index in [1.165, 1.54) is 6.33 Å². The van der Waals surface area contributed by atoms with Gasteiger partial charge in [-0.2, -0.15) is 15.6 Å². The smallest absolute Gasteiger partial charge is 0.277 e. The second kappa shape index (κ2) is 12.5. The number of rotatable bonds is 9. The van der Waals surface area contributed by atoms with Gasteiger partial charge in [0, 0.05) is 0 Å². The molecular formula is C29H37N7O3. The molecule has 206 valence electrons. The molecule has 2 heterocycles. The molecule has 0 spiro atoms. The number of imide groups is 2. The van der Waals surface area contributed by atoms with Crippen molar-refractivity contribution in [1.82, 2.24) is 25.4 Å². The number of amides is 4. The molecule has 1 aliphatic heterocycles. The highest BCUT2D eigenvalue weighted by Crippen LogP contribution is 2.37. The summed E-state index contributed by atoms with van der Waals surface area (Å²) >= 11 is 0. The van der Waals surface area contributed by atoms with Crippen molar-refractivity contribution >= 4 is 17.8 Å². The van der Waals surface area contributed by atoms with Crippen LogP contribution in [-0.4, -0.2) is 32.6 Å². The highest BCUT2D eigenvalue weighted by Gasteiger charge is 2.52. The Labute approximate surface area is 230 Å². The number of nitriles is 2. The minimum absolute atomic E-state index is 0.140. The fraction of sp³-hybridized carbons (Fsp3) is 0.483. The van der Waals surface area contributed by atoms with E-state index in [9.17, 15) is 24.9 Å². The zero-order chi connectivity index (χ0) is 29.4. The van der Waals surface area contributed by atoms with Crippen LogP contribution in [-0.2, 0) is 27.0 Å². The van der Waals surface area contributed by atoms with Gasteiger partial charge < -0.3 is 0 Å². The fourth-order valence-corrected chi connectivity index (χ4v) is 4.44. The molecule has 39 heavy (non-hydrogen) atoms. The summed E-state index contributed by atoms with van der Waals surface area (Å²) in [5.41, 5.74) is 0.393. The molecule has 1 saturated heterocycles. The molecule has 0 aliphatic carbocycles. The Morgan fingerprint density at radius 3 is 2.00 bits per heavy atom. The number of carbonyl (C=O) groups is 3. The van der Waals surface area contributed by atoms with E-state index in [1.807, 2.05) is 59.7 Å². The summed E-state index contributed by atoms with van der Waals surface area (Å²) in [6.07, 6.45) is 6.53. The third-order valence-electron chi connectivity index (χ3n) is 7.10. The quantitative estimate of drug-likeness (QED) is 0.361. The van der Waals surface area contributed by atoms with Crippen molar-refractivity contribution in [3.8, 4) is 12.1 Å². The predicted octanol–water partition coefficient (Wildman–Crippen LogP) is 4.28. The molecule has 1 aromatic heterocycles. The Morgan fingerprint density at radius 1 is 1.05 bits per heavy atom. The number of hydrogen-bond donors (Lipinski definition) is 2. The second-order valence-electron chi connectivity index (χ2n) is 10.9. The van der Waals surface area contributed by atoms with Crippen LogP contribution in [0.3, 0.4) is 0 Å². The van der Waals surface area contributed by atoms with Crippen molar-refractivity contribution in [2.75, 3.05) is 0 Å². The van der Waals surface area contributed by atoms with Crippen molar-refractivity contribution < 1.29 is 14.4 Å². The van der Waals surface area contributed by atoms with Crippen LogP contribution < -0.4 is 10.6 Å². The van der Waals surface area contributed by atoms with E-state index in [0.717, 1.165) is 29.5 Å². The van der Waals surface area contributed by atoms with Crippen molar-refractivity contribution in [3.63, 3.8) is 0 Å². The maximum atomic E-state index is 12.0. The highest BCUT2D eigenvalue weighted by atomic mass is 16.2. The molecule has 2 aromatic rings. The number of nitrogens with one attached hydrogen (secondary N) is 2. The van der Waals surface area contributed by atoms with Gasteiger partial charge in [-0.3, -0.25) is 20.2 Å². The Morgan fingerprint density at radius 2 is 1.59 bits per heavy atom. The molecule has 1 fully saturated rings. The summed E-state index contributed by atoms with van der Waals surface area (Å²) in [6.45, 7) is 15.5. The molecule has 0 saturated carbocycles. The summed E-state index contributed by atoms with van der Waals surface area (Å²) in [5, 5.41) is 27.3. The van der Waals surface area contributed by atoms with E-state index in [2.05, 4.69) is 39.4 Å². The molecule has 2 N–H and O–H groups in total. The van der Waals surface area contributed by atoms with Gasteiger partial charge in [0.2, 0.25) is 11.8 Å². The van der Waals surface area contributed by atoms with Crippen LogP contribution in [0.25, 0.3) is 0 Å². The lowest BCUT2D eigenvalue weighted by atomic mass is 9.69. The zero-order valence-electron chi connectivity index (χ0n) is 23.5. The number of urea groups is 1. The number of carbonyl (C=O) groups excluding carboxylic acids is 3. The number of hydrogen-bond acceptors (Lipinski definition) is 7. The van der Waals surface area contributed by atoms with Gasteiger partial charge in [0.15, 0.2) is 0 Å². The fourth-order valence-electron chi connectivity index (χ4n) is 4.44. The van der Waals surface area contributed by atoms with Crippen LogP contribution in [0.5, 0.6) is 0 Å². The van der Waals surface area contributed by atoms with Gasteiger partial charge in [0.05, 0.1) is 29.5 Å². The summed E-state index contributed by atoms with van der Waals surface area (Å²) in [7, 11) is 0. The topological polar surface area (TPSA) is 154 Å². The average molecular weight is 532 g/mol. The number of benzene rings is 1. The van der Waals surface area contributed by atoms with Crippen LogP contribution in [0.4, 0.5) is 4.79 Å². The molecule has 3 rings (SSSR count). The first kappa shape index (κ1) is 30.9. The normalized spacial score (nSPS) is 15.5. The van der Waals surface area contributed by atoms with Gasteiger partial charge in [0.25, 0.3) is 0 Å². The summed E-state index contributed by atoms with van der Waals surface area (Å²) in [4.78, 5) is 39.0. The third-order valence-corrected chi connectivity index (χ3v) is 7.10. The minimum atomic E-state index is -1.20. The Bertz CT molecular complexity index is 1230. The predicted molar refractivity (Wildman–Crippen MR) is 146 cm³/mol. The first-order valence-corrected chi connectivity index (χ1v) is 12.8. The van der Waals surface area contributed by atoms with Gasteiger partial charge >= 0.3 is 6.03 Å². The maximum Gasteiger partial charge on any atom is 0.328 e. The van der Waals surface area contributed by atoms with E-state index in [0.29, 0.717) is 6.54 Å². The van der Waals surface area contributed by atoms with Crippen molar-refractivity contribution in [2.24, 2.45) is 11.3 Å². The van der Waals surface area contributed by atoms with Crippen LogP contribution in [0.1, 0.15) is 77.5 Å². The molecule has 1 aromatic carbocycles. The van der Waals surface area contributed by atoms with E-state index >= 15 is 0 Å². The van der Waals surface area contributed by atoms with Crippen LogP contribution in [0.15, 0.2) is 43.5 Å². The lowest BCUT2D eigenvalue weighted by Gasteiger charge is -2.37. The largest absolute Gasteiger partial charge is 0.328 e. The molecule has 4 amide bonds. The van der Waals surface area contributed by atoms with Gasteiger partial charge in [-0.1, -0.05) is 44.5 Å². The second-order valence-corrected chi connectivity index (χ2v) is 10.9. The molecule has 0 radical (unpaired) electrons. The summed E-state index contributed by atoms with van der Waals surface area (Å²) in [5.74, 6) is -1.18. The first-order chi connectivity index (χ1) is 18.3. The molecule has 1 aliphatic rings. The Hall–Kier alpha value is -4.31. The number of barbiturate groups is 1. The summed E-state index contributed by atoms with van der Waals surface area (Å²) in [6, 6.07) is 9.86. The van der Waals surface area contributed by atoms with E-state index < -0.39 is 34.1 Å². The van der Waals surface area contributed by atoms with Crippen molar-refractivity contribution in [1.29, 1.82) is 10.5 Å². The number of allylic oxidation sites excluding steroid dienone is 1. The third kappa shape index (κ3) is 6.97. The minimum Gasteiger partial charge on any atom is -0.277 e. The lowest BCUT2D eigenvalue weighted by molar-refractivity contribution is -0.148. The number of nitrogens with zero attached hydrogens (tertiary/aromatic N) is 5. The van der Waals surface area contributed by atoms with Crippen molar-refractivity contribution in [2.45, 2.75) is 78.2 Å².